The van der Waals surface area contributed by atoms with Crippen LogP contribution in [0.3, 0.4) is 0 Å². The van der Waals surface area contributed by atoms with Gasteiger partial charge in [-0.1, -0.05) is 12.1 Å². The molecule has 0 heterocycles. The monoisotopic (exact) mass is 299 g/mol. The first-order valence-electron chi connectivity index (χ1n) is 6.34. The van der Waals surface area contributed by atoms with Gasteiger partial charge >= 0.3 is 0 Å². The van der Waals surface area contributed by atoms with Crippen molar-refractivity contribution in [1.82, 2.24) is 10.0 Å². The number of carbonyl (C=O) groups excluding carboxylic acids is 1. The second kappa shape index (κ2) is 6.71. The van der Waals surface area contributed by atoms with Gasteiger partial charge in [-0.3, -0.25) is 4.79 Å². The van der Waals surface area contributed by atoms with Crippen molar-refractivity contribution in [2.75, 3.05) is 5.73 Å². The van der Waals surface area contributed by atoms with Crippen LogP contribution >= 0.6 is 0 Å². The van der Waals surface area contributed by atoms with Gasteiger partial charge in [-0.25, -0.2) is 13.1 Å². The van der Waals surface area contributed by atoms with E-state index in [1.54, 1.807) is 24.3 Å². The Morgan fingerprint density at radius 1 is 1.30 bits per heavy atom. The predicted molar refractivity (Wildman–Crippen MR) is 79.4 cm³/mol. The number of amides is 1. The largest absolute Gasteiger partial charge is 0.399 e. The Morgan fingerprint density at radius 2 is 1.95 bits per heavy atom. The summed E-state index contributed by atoms with van der Waals surface area (Å²) in [6.45, 7) is 5.13. The zero-order valence-electron chi connectivity index (χ0n) is 11.9. The fourth-order valence-corrected chi connectivity index (χ4v) is 3.02. The highest BCUT2D eigenvalue weighted by molar-refractivity contribution is 7.88. The van der Waals surface area contributed by atoms with Crippen LogP contribution in [0.4, 0.5) is 5.69 Å². The van der Waals surface area contributed by atoms with Gasteiger partial charge in [0.05, 0.1) is 11.8 Å². The maximum atomic E-state index is 12.0. The molecule has 1 rings (SSSR count). The van der Waals surface area contributed by atoms with Crippen molar-refractivity contribution in [3.8, 4) is 0 Å². The van der Waals surface area contributed by atoms with E-state index in [4.69, 9.17) is 5.73 Å². The van der Waals surface area contributed by atoms with Gasteiger partial charge in [-0.05, 0) is 38.5 Å². The van der Waals surface area contributed by atoms with Crippen molar-refractivity contribution in [1.29, 1.82) is 0 Å². The van der Waals surface area contributed by atoms with Crippen molar-refractivity contribution in [3.63, 3.8) is 0 Å². The van der Waals surface area contributed by atoms with Gasteiger partial charge in [0.15, 0.2) is 0 Å². The van der Waals surface area contributed by atoms with Crippen LogP contribution in [0.1, 0.15) is 26.3 Å². The number of nitrogen functional groups attached to an aromatic ring is 1. The number of nitrogens with two attached hydrogens (primary N) is 1. The van der Waals surface area contributed by atoms with E-state index in [1.807, 2.05) is 13.8 Å². The first-order valence-corrected chi connectivity index (χ1v) is 7.99. The summed E-state index contributed by atoms with van der Waals surface area (Å²) in [5.74, 6) is -0.562. The van der Waals surface area contributed by atoms with Crippen LogP contribution in [-0.4, -0.2) is 26.4 Å². The third kappa shape index (κ3) is 5.58. The molecule has 1 atom stereocenters. The number of hydrogen-bond donors (Lipinski definition) is 3. The molecule has 0 aromatic heterocycles. The summed E-state index contributed by atoms with van der Waals surface area (Å²) in [7, 11) is -3.60. The molecule has 1 amide bonds. The summed E-state index contributed by atoms with van der Waals surface area (Å²) >= 11 is 0. The van der Waals surface area contributed by atoms with E-state index in [0.717, 1.165) is 0 Å². The molecule has 1 unspecified atom stereocenters. The molecule has 0 saturated heterocycles. The first-order chi connectivity index (χ1) is 9.19. The molecule has 0 aliphatic heterocycles. The molecule has 20 heavy (non-hydrogen) atoms. The van der Waals surface area contributed by atoms with Gasteiger partial charge in [0.2, 0.25) is 15.9 Å². The molecule has 0 spiro atoms. The smallest absolute Gasteiger partial charge is 0.238 e. The maximum Gasteiger partial charge on any atom is 0.238 e. The number of nitrogens with one attached hydrogen (secondary N) is 2. The van der Waals surface area contributed by atoms with Crippen molar-refractivity contribution < 1.29 is 13.2 Å². The summed E-state index contributed by atoms with van der Waals surface area (Å²) in [6, 6.07) is 5.79. The molecule has 0 bridgehead atoms. The average Bonchev–Trinajstić information content (AvgIpc) is 2.26. The van der Waals surface area contributed by atoms with E-state index in [1.165, 1.54) is 6.92 Å². The summed E-state index contributed by atoms with van der Waals surface area (Å²) < 4.78 is 26.3. The second-order valence-corrected chi connectivity index (χ2v) is 6.76. The van der Waals surface area contributed by atoms with Crippen LogP contribution in [0.15, 0.2) is 24.3 Å². The van der Waals surface area contributed by atoms with Gasteiger partial charge in [-0.15, -0.1) is 0 Å². The van der Waals surface area contributed by atoms with Crippen LogP contribution in [0.5, 0.6) is 0 Å². The lowest BCUT2D eigenvalue weighted by molar-refractivity contribution is -0.122. The number of carbonyl (C=O) groups is 1. The van der Waals surface area contributed by atoms with E-state index in [2.05, 4.69) is 10.0 Å². The van der Waals surface area contributed by atoms with Crippen LogP contribution in [-0.2, 0) is 20.6 Å². The van der Waals surface area contributed by atoms with Crippen LogP contribution in [0.25, 0.3) is 0 Å². The third-order valence-corrected chi connectivity index (χ3v) is 3.91. The molecule has 4 N–H and O–H groups in total. The first kappa shape index (κ1) is 16.5. The normalized spacial score (nSPS) is 13.2. The molecule has 0 saturated carbocycles. The molecule has 112 valence electrons. The minimum Gasteiger partial charge on any atom is -0.399 e. The van der Waals surface area contributed by atoms with E-state index < -0.39 is 16.1 Å². The Balaban J connectivity index is 2.68. The molecule has 0 aliphatic carbocycles. The van der Waals surface area contributed by atoms with E-state index >= 15 is 0 Å². The molecule has 0 aliphatic rings. The standard InChI is InChI=1S/C13H21N3O3S/c1-9(2)15-13(17)10(3)16-20(18,19)8-11-5-4-6-12(14)7-11/h4-7,9-10,16H,8,14H2,1-3H3,(H,15,17). The van der Waals surface area contributed by atoms with Crippen molar-refractivity contribution >= 4 is 21.6 Å². The van der Waals surface area contributed by atoms with E-state index in [0.29, 0.717) is 11.3 Å². The van der Waals surface area contributed by atoms with E-state index in [-0.39, 0.29) is 17.7 Å². The van der Waals surface area contributed by atoms with Crippen LogP contribution in [0.2, 0.25) is 0 Å². The summed E-state index contributed by atoms with van der Waals surface area (Å²) in [6.07, 6.45) is 0. The van der Waals surface area contributed by atoms with Crippen molar-refractivity contribution in [2.45, 2.75) is 38.6 Å². The van der Waals surface area contributed by atoms with Crippen LogP contribution in [0, 0.1) is 0 Å². The fourth-order valence-electron chi connectivity index (χ4n) is 1.68. The third-order valence-electron chi connectivity index (χ3n) is 2.49. The topological polar surface area (TPSA) is 101 Å². The Kier molecular flexibility index (Phi) is 5.52. The molecular weight excluding hydrogens is 278 g/mol. The molecule has 6 nitrogen and oxygen atoms in total. The number of rotatable bonds is 6. The van der Waals surface area contributed by atoms with Crippen molar-refractivity contribution in [2.24, 2.45) is 0 Å². The zero-order chi connectivity index (χ0) is 15.3. The predicted octanol–water partition coefficient (Wildman–Crippen LogP) is 0.601. The second-order valence-electron chi connectivity index (χ2n) is 5.01. The summed E-state index contributed by atoms with van der Waals surface area (Å²) in [5.41, 5.74) is 6.68. The number of benzene rings is 1. The molecule has 7 heteroatoms. The van der Waals surface area contributed by atoms with Gasteiger partial charge in [0.25, 0.3) is 0 Å². The zero-order valence-corrected chi connectivity index (χ0v) is 12.7. The van der Waals surface area contributed by atoms with E-state index in [9.17, 15) is 13.2 Å². The average molecular weight is 299 g/mol. The number of hydrogen-bond acceptors (Lipinski definition) is 4. The van der Waals surface area contributed by atoms with Crippen molar-refractivity contribution in [3.05, 3.63) is 29.8 Å². The molecule has 1 aromatic carbocycles. The lowest BCUT2D eigenvalue weighted by atomic mass is 10.2. The van der Waals surface area contributed by atoms with Gasteiger partial charge < -0.3 is 11.1 Å². The number of anilines is 1. The number of sulfonamides is 1. The fraction of sp³-hybridized carbons (Fsp3) is 0.462. The lowest BCUT2D eigenvalue weighted by Crippen LogP contribution is -2.46. The Hall–Kier alpha value is -1.60. The van der Waals surface area contributed by atoms with Gasteiger partial charge in [0.1, 0.15) is 0 Å². The molecule has 0 radical (unpaired) electrons. The quantitative estimate of drug-likeness (QED) is 0.669. The Bertz CT molecular complexity index is 570. The summed E-state index contributed by atoms with van der Waals surface area (Å²) in [4.78, 5) is 11.7. The Labute approximate surface area is 119 Å². The molecular formula is C13H21N3O3S. The molecule has 1 aromatic rings. The lowest BCUT2D eigenvalue weighted by Gasteiger charge is -2.16. The Morgan fingerprint density at radius 3 is 2.50 bits per heavy atom. The van der Waals surface area contributed by atoms with Gasteiger partial charge in [0, 0.05) is 11.7 Å². The van der Waals surface area contributed by atoms with Crippen LogP contribution < -0.4 is 15.8 Å². The molecule has 0 fully saturated rings. The summed E-state index contributed by atoms with van der Waals surface area (Å²) in [5, 5.41) is 2.65. The minimum atomic E-state index is -3.60. The highest BCUT2D eigenvalue weighted by Gasteiger charge is 2.20. The highest BCUT2D eigenvalue weighted by Crippen LogP contribution is 2.10. The maximum absolute atomic E-state index is 12.0. The highest BCUT2D eigenvalue weighted by atomic mass is 32.2. The minimum absolute atomic E-state index is 0.0385. The van der Waals surface area contributed by atoms with Gasteiger partial charge in [-0.2, -0.15) is 0 Å². The SMILES string of the molecule is CC(C)NC(=O)C(C)NS(=O)(=O)Cc1cccc(N)c1.